The van der Waals surface area contributed by atoms with E-state index in [-0.39, 0.29) is 17.5 Å². The van der Waals surface area contributed by atoms with Crippen LogP contribution in [0.1, 0.15) is 85.6 Å². The molecule has 472 valence electrons. The minimum atomic E-state index is -0.137. The molecule has 6 aliphatic carbocycles. The lowest BCUT2D eigenvalue weighted by atomic mass is 9.33. The zero-order valence-corrected chi connectivity index (χ0v) is 56.7. The van der Waals surface area contributed by atoms with Crippen LogP contribution < -0.4 is 31.1 Å². The number of allylic oxidation sites excluding steroid dienone is 12. The van der Waals surface area contributed by atoms with Gasteiger partial charge in [-0.3, -0.25) is 0 Å². The molecular formula is C93H82BN3. The largest absolute Gasteiger partial charge is 0.365 e. The summed E-state index contributed by atoms with van der Waals surface area (Å²) in [5.41, 5.74) is 34.7. The van der Waals surface area contributed by atoms with Gasteiger partial charge in [0.15, 0.2) is 0 Å². The van der Waals surface area contributed by atoms with Gasteiger partial charge in [-0.15, -0.1) is 0 Å². The van der Waals surface area contributed by atoms with Gasteiger partial charge in [0.1, 0.15) is 0 Å². The molecule has 4 aliphatic heterocycles. The Balaban J connectivity index is 0.961. The molecule has 0 spiro atoms. The first kappa shape index (κ1) is 58.5. The molecule has 3 unspecified atom stereocenters. The molecule has 3 nitrogen and oxygen atoms in total. The van der Waals surface area contributed by atoms with Gasteiger partial charge in [-0.2, -0.15) is 0 Å². The van der Waals surface area contributed by atoms with Crippen LogP contribution in [0.3, 0.4) is 0 Å². The Labute approximate surface area is 574 Å². The highest BCUT2D eigenvalue weighted by atomic mass is 15.2. The lowest BCUT2D eigenvalue weighted by Gasteiger charge is -2.58. The number of nitrogens with zero attached hydrogens (tertiary/aromatic N) is 3. The first-order valence-electron chi connectivity index (χ1n) is 36.0. The molecule has 2 saturated carbocycles. The van der Waals surface area contributed by atoms with E-state index < -0.39 is 0 Å². The highest BCUT2D eigenvalue weighted by molar-refractivity contribution is 7.00. The SMILES string of the molecule is CC(C)(C)C1=CC2=CC(c3ccc4c(c3)N(c3c(-c5ccccc5)cccc3-c3ccccc3)c3cc(N5C6CC7CC(C6)CC5C7)cc5c3B4c3ccc(-c4ccccc4)cc3N5c3c(-c4ccccc4)cccc3-c3ccccc3)=C3C=C(C(C)(C)C)CC4C=CC(=C1)C2C34. The van der Waals surface area contributed by atoms with Gasteiger partial charge in [-0.1, -0.05) is 296 Å². The summed E-state index contributed by atoms with van der Waals surface area (Å²) in [7, 11) is 0. The number of fused-ring (bicyclic) bond motifs is 4. The summed E-state index contributed by atoms with van der Waals surface area (Å²) in [4.78, 5) is 8.55. The second-order valence-electron chi connectivity index (χ2n) is 31.6. The normalized spacial score (nSPS) is 22.3. The molecule has 2 saturated heterocycles. The molecule has 0 aromatic heterocycles. The molecule has 97 heavy (non-hydrogen) atoms. The molecule has 10 aromatic carbocycles. The maximum absolute atomic E-state index is 2.97. The van der Waals surface area contributed by atoms with E-state index in [0.717, 1.165) is 18.3 Å². The fraction of sp³-hybridized carbons (Fsp3) is 0.226. The lowest BCUT2D eigenvalue weighted by molar-refractivity contribution is 0.0900. The van der Waals surface area contributed by atoms with Gasteiger partial charge in [-0.25, -0.2) is 0 Å². The maximum atomic E-state index is 2.97. The van der Waals surface area contributed by atoms with Crippen LogP contribution in [-0.2, 0) is 0 Å². The second kappa shape index (κ2) is 22.3. The summed E-state index contributed by atoms with van der Waals surface area (Å²) in [6, 6.07) is 91.9. The van der Waals surface area contributed by atoms with Crippen LogP contribution in [0.4, 0.5) is 39.8 Å². The Kier molecular flexibility index (Phi) is 13.5. The first-order chi connectivity index (χ1) is 47.3. The molecule has 10 aromatic rings. The van der Waals surface area contributed by atoms with Gasteiger partial charge in [0, 0.05) is 74.6 Å². The van der Waals surface area contributed by atoms with Crippen LogP contribution in [0, 0.1) is 40.4 Å². The second-order valence-corrected chi connectivity index (χ2v) is 31.6. The van der Waals surface area contributed by atoms with E-state index in [1.54, 1.807) is 0 Å². The Morgan fingerprint density at radius 1 is 0.392 bits per heavy atom. The summed E-state index contributed by atoms with van der Waals surface area (Å²) < 4.78 is 0. The molecule has 10 aliphatic rings. The molecule has 4 heterocycles. The van der Waals surface area contributed by atoms with E-state index in [2.05, 4.69) is 329 Å². The highest BCUT2D eigenvalue weighted by Crippen LogP contribution is 2.60. The molecular weight excluding hydrogens is 1170 g/mol. The lowest BCUT2D eigenvalue weighted by Crippen LogP contribution is -2.62. The summed E-state index contributed by atoms with van der Waals surface area (Å²) >= 11 is 0. The summed E-state index contributed by atoms with van der Waals surface area (Å²) in [6.45, 7) is 14.3. The molecule has 4 heteroatoms. The first-order valence-corrected chi connectivity index (χ1v) is 36.0. The minimum absolute atomic E-state index is 0.00670. The Morgan fingerprint density at radius 2 is 0.856 bits per heavy atom. The van der Waals surface area contributed by atoms with Crippen molar-refractivity contribution < 1.29 is 0 Å². The third-order valence-corrected chi connectivity index (χ3v) is 23.8. The summed E-state index contributed by atoms with van der Waals surface area (Å²) in [5.74, 6) is 2.65. The van der Waals surface area contributed by atoms with E-state index in [1.807, 2.05) is 0 Å². The summed E-state index contributed by atoms with van der Waals surface area (Å²) in [5, 5.41) is 0. The average Bonchev–Trinajstić information content (AvgIpc) is 0.689. The van der Waals surface area contributed by atoms with Crippen LogP contribution in [0.2, 0.25) is 0 Å². The van der Waals surface area contributed by atoms with Crippen molar-refractivity contribution in [1.82, 2.24) is 0 Å². The Morgan fingerprint density at radius 3 is 1.33 bits per heavy atom. The van der Waals surface area contributed by atoms with E-state index in [9.17, 15) is 0 Å². The molecule has 3 atom stereocenters. The maximum Gasteiger partial charge on any atom is 0.252 e. The van der Waals surface area contributed by atoms with Gasteiger partial charge in [0.2, 0.25) is 0 Å². The molecule has 20 rings (SSSR count). The Hall–Kier alpha value is -9.90. The van der Waals surface area contributed by atoms with Crippen molar-refractivity contribution in [3.63, 3.8) is 0 Å². The number of hydrogen-bond donors (Lipinski definition) is 0. The quantitative estimate of drug-likeness (QED) is 0.133. The van der Waals surface area contributed by atoms with E-state index >= 15 is 0 Å². The molecule has 4 fully saturated rings. The van der Waals surface area contributed by atoms with Crippen molar-refractivity contribution >= 4 is 68.5 Å². The van der Waals surface area contributed by atoms with Gasteiger partial charge in [-0.05, 0) is 175 Å². The van der Waals surface area contributed by atoms with Crippen molar-refractivity contribution in [2.75, 3.05) is 14.7 Å². The fourth-order valence-electron chi connectivity index (χ4n) is 19.5. The number of piperidine rings is 2. The monoisotopic (exact) mass is 1250 g/mol. The summed E-state index contributed by atoms with van der Waals surface area (Å²) in [6.07, 6.45) is 23.1. The number of rotatable bonds is 9. The number of hydrogen-bond acceptors (Lipinski definition) is 3. The van der Waals surface area contributed by atoms with Crippen LogP contribution in [0.5, 0.6) is 0 Å². The van der Waals surface area contributed by atoms with Crippen LogP contribution in [0.25, 0.3) is 61.2 Å². The van der Waals surface area contributed by atoms with Gasteiger partial charge < -0.3 is 14.7 Å². The van der Waals surface area contributed by atoms with Crippen molar-refractivity contribution in [3.8, 4) is 55.6 Å². The van der Waals surface area contributed by atoms with Crippen molar-refractivity contribution in [3.05, 3.63) is 306 Å². The van der Waals surface area contributed by atoms with Gasteiger partial charge in [0.05, 0.1) is 11.4 Å². The number of para-hydroxylation sites is 2. The number of benzene rings is 10. The van der Waals surface area contributed by atoms with Gasteiger partial charge in [0.25, 0.3) is 6.71 Å². The van der Waals surface area contributed by atoms with Crippen LogP contribution in [-0.4, -0.2) is 18.8 Å². The Bertz CT molecular complexity index is 4910. The third-order valence-electron chi connectivity index (χ3n) is 23.8. The minimum Gasteiger partial charge on any atom is -0.365 e. The number of anilines is 7. The highest BCUT2D eigenvalue weighted by Gasteiger charge is 2.51. The zero-order valence-electron chi connectivity index (χ0n) is 56.7. The van der Waals surface area contributed by atoms with Crippen molar-refractivity contribution in [2.24, 2.45) is 40.4 Å². The van der Waals surface area contributed by atoms with Gasteiger partial charge >= 0.3 is 0 Å². The molecule has 0 amide bonds. The van der Waals surface area contributed by atoms with E-state index in [1.165, 1.54) is 183 Å². The van der Waals surface area contributed by atoms with E-state index in [4.69, 9.17) is 0 Å². The molecule has 0 radical (unpaired) electrons. The fourth-order valence-corrected chi connectivity index (χ4v) is 19.5. The van der Waals surface area contributed by atoms with E-state index in [0.29, 0.717) is 29.8 Å². The molecule has 0 N–H and O–H groups in total. The van der Waals surface area contributed by atoms with Crippen molar-refractivity contribution in [1.29, 1.82) is 0 Å². The standard InChI is InChI=1S/C93H82BN3/c1-92(2,3)70-49-67-38-39-68-50-71(93(4,5)6)55-80-79(52-69(51-70)87(67)88(68)80)66-41-43-82-84(54-66)97(91-77(63-30-18-10-19-31-63)36-23-37-78(91)64-32-20-11-21-33-64)86-57-74(95-72-45-58-44-59(47-72)48-73(95)46-58)56-85-89(86)94(82)81-42-40-65(60-24-12-7-13-25-60)53-83(81)96(85)90-75(61-26-14-8-15-27-61)34-22-35-76(90)62-28-16-9-17-29-62/h7-43,49,51-59,68,72-73,87-88H,44-48,50H2,1-6H3. The zero-order chi connectivity index (χ0) is 65.0. The van der Waals surface area contributed by atoms with Crippen LogP contribution in [0.15, 0.2) is 301 Å². The smallest absolute Gasteiger partial charge is 0.252 e. The predicted octanol–water partition coefficient (Wildman–Crippen LogP) is 22.3. The average molecular weight is 1250 g/mol. The predicted molar refractivity (Wildman–Crippen MR) is 410 cm³/mol. The molecule has 4 bridgehead atoms. The van der Waals surface area contributed by atoms with Crippen LogP contribution >= 0.6 is 0 Å². The van der Waals surface area contributed by atoms with Crippen molar-refractivity contribution in [2.45, 2.75) is 92.2 Å². The topological polar surface area (TPSA) is 9.72 Å². The third kappa shape index (κ3) is 9.51.